The fraction of sp³-hybridized carbons (Fsp3) is 0.923. The molecule has 0 spiro atoms. The van der Waals surface area contributed by atoms with Gasteiger partial charge in [0.25, 0.3) is 10.2 Å². The second-order valence-electron chi connectivity index (χ2n) is 6.27. The second kappa shape index (κ2) is 6.20. The van der Waals surface area contributed by atoms with Crippen LogP contribution in [-0.2, 0) is 15.0 Å². The molecule has 0 radical (unpaired) electrons. The zero-order valence-electron chi connectivity index (χ0n) is 12.4. The highest BCUT2D eigenvalue weighted by Gasteiger charge is 2.36. The summed E-state index contributed by atoms with van der Waals surface area (Å²) < 4.78 is 28.0. The predicted octanol–water partition coefficient (Wildman–Crippen LogP) is 0.265. The third-order valence-electron chi connectivity index (χ3n) is 4.48. The van der Waals surface area contributed by atoms with Gasteiger partial charge >= 0.3 is 5.97 Å². The first-order chi connectivity index (χ1) is 9.72. The highest BCUT2D eigenvalue weighted by molar-refractivity contribution is 7.86. The summed E-state index contributed by atoms with van der Waals surface area (Å²) in [6, 6.07) is 0. The van der Waals surface area contributed by atoms with Crippen LogP contribution in [0.3, 0.4) is 0 Å². The molecule has 1 unspecified atom stereocenters. The van der Waals surface area contributed by atoms with Crippen molar-refractivity contribution < 1.29 is 23.4 Å². The van der Waals surface area contributed by atoms with Gasteiger partial charge in [0, 0.05) is 26.2 Å². The van der Waals surface area contributed by atoms with Crippen molar-refractivity contribution in [3.8, 4) is 0 Å². The number of piperidine rings is 1. The third-order valence-corrected chi connectivity index (χ3v) is 6.51. The average molecular weight is 320 g/mol. The molecule has 0 amide bonds. The normalized spacial score (nSPS) is 31.0. The van der Waals surface area contributed by atoms with Crippen molar-refractivity contribution in [2.75, 3.05) is 26.2 Å². The Morgan fingerprint density at radius 3 is 2.24 bits per heavy atom. The van der Waals surface area contributed by atoms with E-state index in [1.54, 1.807) is 6.92 Å². The molecular formula is C13H24N2O5S. The monoisotopic (exact) mass is 320 g/mol. The van der Waals surface area contributed by atoms with E-state index in [1.165, 1.54) is 8.61 Å². The highest BCUT2D eigenvalue weighted by Crippen LogP contribution is 2.26. The number of carboxylic acid groups (broad SMARTS) is 1. The summed E-state index contributed by atoms with van der Waals surface area (Å²) in [5.74, 6) is -1.29. The average Bonchev–Trinajstić information content (AvgIpc) is 2.60. The summed E-state index contributed by atoms with van der Waals surface area (Å²) in [7, 11) is -3.55. The topological polar surface area (TPSA) is 98.2 Å². The van der Waals surface area contributed by atoms with Crippen LogP contribution in [0.4, 0.5) is 0 Å². The first kappa shape index (κ1) is 16.7. The summed E-state index contributed by atoms with van der Waals surface area (Å²) in [4.78, 5) is 10.9. The molecule has 0 aliphatic carbocycles. The molecule has 2 heterocycles. The van der Waals surface area contributed by atoms with E-state index in [4.69, 9.17) is 5.11 Å². The fourth-order valence-electron chi connectivity index (χ4n) is 2.97. The molecule has 2 N–H and O–H groups in total. The minimum absolute atomic E-state index is 0.256. The van der Waals surface area contributed by atoms with Gasteiger partial charge in [0.15, 0.2) is 0 Å². The van der Waals surface area contributed by atoms with Crippen LogP contribution in [0, 0.1) is 5.92 Å². The van der Waals surface area contributed by atoms with E-state index >= 15 is 0 Å². The van der Waals surface area contributed by atoms with Crippen LogP contribution in [-0.4, -0.2) is 65.0 Å². The predicted molar refractivity (Wildman–Crippen MR) is 76.9 cm³/mol. The molecule has 122 valence electrons. The van der Waals surface area contributed by atoms with Crippen LogP contribution < -0.4 is 0 Å². The molecule has 8 heteroatoms. The van der Waals surface area contributed by atoms with Crippen molar-refractivity contribution in [2.45, 2.75) is 44.6 Å². The van der Waals surface area contributed by atoms with Crippen molar-refractivity contribution in [1.82, 2.24) is 8.61 Å². The fourth-order valence-corrected chi connectivity index (χ4v) is 4.65. The molecule has 21 heavy (non-hydrogen) atoms. The van der Waals surface area contributed by atoms with Crippen LogP contribution in [0.5, 0.6) is 0 Å². The molecule has 2 saturated heterocycles. The Balaban J connectivity index is 2.00. The SMILES string of the molecule is CC1(O)CCCN(S(=O)(=O)N2CCC(C(=O)O)CC2)CC1. The lowest BCUT2D eigenvalue weighted by molar-refractivity contribution is -0.142. The summed E-state index contributed by atoms with van der Waals surface area (Å²) >= 11 is 0. The lowest BCUT2D eigenvalue weighted by Crippen LogP contribution is -2.48. The van der Waals surface area contributed by atoms with Gasteiger partial charge < -0.3 is 10.2 Å². The maximum absolute atomic E-state index is 12.6. The Labute approximate surface area is 125 Å². The minimum Gasteiger partial charge on any atom is -0.481 e. The lowest BCUT2D eigenvalue weighted by Gasteiger charge is -2.33. The van der Waals surface area contributed by atoms with Gasteiger partial charge in [-0.3, -0.25) is 4.79 Å². The quantitative estimate of drug-likeness (QED) is 0.777. The maximum Gasteiger partial charge on any atom is 0.306 e. The molecule has 0 saturated carbocycles. The van der Waals surface area contributed by atoms with E-state index in [-0.39, 0.29) is 13.1 Å². The van der Waals surface area contributed by atoms with E-state index in [9.17, 15) is 18.3 Å². The number of aliphatic carboxylic acids is 1. The molecule has 2 aliphatic rings. The highest BCUT2D eigenvalue weighted by atomic mass is 32.2. The number of nitrogens with zero attached hydrogens (tertiary/aromatic N) is 2. The lowest BCUT2D eigenvalue weighted by atomic mass is 9.98. The van der Waals surface area contributed by atoms with E-state index in [0.29, 0.717) is 45.2 Å². The van der Waals surface area contributed by atoms with Gasteiger partial charge in [-0.25, -0.2) is 0 Å². The van der Waals surface area contributed by atoms with E-state index in [1.807, 2.05) is 0 Å². The van der Waals surface area contributed by atoms with Crippen molar-refractivity contribution in [1.29, 1.82) is 0 Å². The van der Waals surface area contributed by atoms with Crippen LogP contribution in [0.15, 0.2) is 0 Å². The zero-order chi connectivity index (χ0) is 15.7. The largest absolute Gasteiger partial charge is 0.481 e. The molecule has 0 aromatic carbocycles. The number of rotatable bonds is 3. The molecular weight excluding hydrogens is 296 g/mol. The third kappa shape index (κ3) is 3.94. The molecule has 2 fully saturated rings. The maximum atomic E-state index is 12.6. The molecule has 0 aromatic rings. The number of aliphatic hydroxyl groups is 1. The first-order valence-corrected chi connectivity index (χ1v) is 8.82. The molecule has 2 rings (SSSR count). The van der Waals surface area contributed by atoms with Gasteiger partial charge in [0.1, 0.15) is 0 Å². The van der Waals surface area contributed by atoms with Crippen LogP contribution in [0.1, 0.15) is 39.0 Å². The number of hydrogen-bond acceptors (Lipinski definition) is 4. The summed E-state index contributed by atoms with van der Waals surface area (Å²) in [5, 5.41) is 19.0. The van der Waals surface area contributed by atoms with Gasteiger partial charge in [-0.2, -0.15) is 17.0 Å². The molecule has 0 aromatic heterocycles. The Bertz CT molecular complexity index is 483. The van der Waals surface area contributed by atoms with Gasteiger partial charge in [-0.15, -0.1) is 0 Å². The Kier molecular flexibility index (Phi) is 4.92. The van der Waals surface area contributed by atoms with Crippen molar-refractivity contribution in [3.05, 3.63) is 0 Å². The molecule has 1 atom stereocenters. The molecule has 7 nitrogen and oxygen atoms in total. The van der Waals surface area contributed by atoms with Crippen LogP contribution in [0.2, 0.25) is 0 Å². The smallest absolute Gasteiger partial charge is 0.306 e. The van der Waals surface area contributed by atoms with Crippen LogP contribution in [0.25, 0.3) is 0 Å². The zero-order valence-corrected chi connectivity index (χ0v) is 13.2. The number of carboxylic acids is 1. The Morgan fingerprint density at radius 2 is 1.67 bits per heavy atom. The standard InChI is InChI=1S/C13H24N2O5S/c1-13(18)5-2-7-14(10-6-13)21(19,20)15-8-3-11(4-9-15)12(16)17/h11,18H,2-10H2,1H3,(H,16,17). The summed E-state index contributed by atoms with van der Waals surface area (Å²) in [6.07, 6.45) is 2.38. The summed E-state index contributed by atoms with van der Waals surface area (Å²) in [6.45, 7) is 2.98. The van der Waals surface area contributed by atoms with Gasteiger partial charge in [0.05, 0.1) is 11.5 Å². The van der Waals surface area contributed by atoms with Crippen molar-refractivity contribution >= 4 is 16.2 Å². The second-order valence-corrected chi connectivity index (χ2v) is 8.20. The van der Waals surface area contributed by atoms with Gasteiger partial charge in [-0.1, -0.05) is 0 Å². The van der Waals surface area contributed by atoms with E-state index in [2.05, 4.69) is 0 Å². The number of hydrogen-bond donors (Lipinski definition) is 2. The minimum atomic E-state index is -3.55. The van der Waals surface area contributed by atoms with E-state index < -0.39 is 27.7 Å². The first-order valence-electron chi connectivity index (χ1n) is 7.43. The van der Waals surface area contributed by atoms with Crippen molar-refractivity contribution in [3.63, 3.8) is 0 Å². The Hall–Kier alpha value is -0.700. The van der Waals surface area contributed by atoms with Gasteiger partial charge in [0.2, 0.25) is 0 Å². The molecule has 0 bridgehead atoms. The van der Waals surface area contributed by atoms with Crippen LogP contribution >= 0.6 is 0 Å². The molecule has 2 aliphatic heterocycles. The van der Waals surface area contributed by atoms with Crippen molar-refractivity contribution in [2.24, 2.45) is 5.92 Å². The van der Waals surface area contributed by atoms with E-state index in [0.717, 1.165) is 0 Å². The summed E-state index contributed by atoms with van der Waals surface area (Å²) in [5.41, 5.74) is -0.805. The number of carbonyl (C=O) groups is 1. The van der Waals surface area contributed by atoms with Gasteiger partial charge in [-0.05, 0) is 39.0 Å². The Morgan fingerprint density at radius 1 is 1.10 bits per heavy atom.